The Labute approximate surface area is 103 Å². The van der Waals surface area contributed by atoms with Crippen molar-refractivity contribution in [3.8, 4) is 0 Å². The second-order valence-corrected chi connectivity index (χ2v) is 4.07. The van der Waals surface area contributed by atoms with Crippen LogP contribution in [-0.4, -0.2) is 22.4 Å². The van der Waals surface area contributed by atoms with Crippen molar-refractivity contribution < 1.29 is 9.53 Å². The summed E-state index contributed by atoms with van der Waals surface area (Å²) >= 11 is 0. The number of rotatable bonds is 7. The van der Waals surface area contributed by atoms with Crippen LogP contribution in [-0.2, 0) is 28.9 Å². The van der Waals surface area contributed by atoms with E-state index in [2.05, 4.69) is 31.9 Å². The Morgan fingerprint density at radius 1 is 1.35 bits per heavy atom. The fraction of sp³-hybridized carbons (Fsp3) is 0.692. The average Bonchev–Trinajstić information content (AvgIpc) is 2.71. The van der Waals surface area contributed by atoms with Crippen molar-refractivity contribution >= 4 is 5.97 Å². The van der Waals surface area contributed by atoms with E-state index in [1.54, 1.807) is 4.68 Å². The van der Waals surface area contributed by atoms with Crippen LogP contribution in [0.2, 0.25) is 0 Å². The molecule has 0 fully saturated rings. The molecular weight excluding hydrogens is 216 g/mol. The van der Waals surface area contributed by atoms with Crippen molar-refractivity contribution in [1.29, 1.82) is 0 Å². The lowest BCUT2D eigenvalue weighted by atomic mass is 10.3. The summed E-state index contributed by atoms with van der Waals surface area (Å²) in [6, 6.07) is 2.05. The fourth-order valence-electron chi connectivity index (χ4n) is 1.61. The quantitative estimate of drug-likeness (QED) is 0.541. The Bertz CT molecular complexity index is 358. The van der Waals surface area contributed by atoms with Crippen molar-refractivity contribution in [3.63, 3.8) is 0 Å². The van der Waals surface area contributed by atoms with Crippen LogP contribution in [0.5, 0.6) is 0 Å². The molecule has 0 saturated carbocycles. The van der Waals surface area contributed by atoms with E-state index < -0.39 is 0 Å². The van der Waals surface area contributed by atoms with Gasteiger partial charge >= 0.3 is 5.97 Å². The van der Waals surface area contributed by atoms with Gasteiger partial charge in [0.2, 0.25) is 0 Å². The molecule has 1 aromatic rings. The zero-order valence-electron chi connectivity index (χ0n) is 11.0. The maximum atomic E-state index is 11.6. The van der Waals surface area contributed by atoms with Crippen molar-refractivity contribution in [2.75, 3.05) is 6.61 Å². The number of ether oxygens (including phenoxy) is 1. The molecular formula is C13H22N2O2. The molecule has 4 heteroatoms. The van der Waals surface area contributed by atoms with E-state index in [1.807, 2.05) is 0 Å². The lowest BCUT2D eigenvalue weighted by Gasteiger charge is -2.06. The number of esters is 1. The molecule has 0 amide bonds. The molecule has 17 heavy (non-hydrogen) atoms. The Morgan fingerprint density at radius 3 is 2.71 bits per heavy atom. The van der Waals surface area contributed by atoms with Gasteiger partial charge in [-0.3, -0.25) is 9.48 Å². The summed E-state index contributed by atoms with van der Waals surface area (Å²) in [7, 11) is 0. The van der Waals surface area contributed by atoms with Gasteiger partial charge in [-0.25, -0.2) is 0 Å². The van der Waals surface area contributed by atoms with E-state index in [4.69, 9.17) is 4.74 Å². The van der Waals surface area contributed by atoms with Crippen LogP contribution in [0.25, 0.3) is 0 Å². The maximum Gasteiger partial charge on any atom is 0.327 e. The van der Waals surface area contributed by atoms with Crippen LogP contribution in [0.1, 0.15) is 45.0 Å². The zero-order valence-corrected chi connectivity index (χ0v) is 11.0. The van der Waals surface area contributed by atoms with Gasteiger partial charge in [0.1, 0.15) is 6.54 Å². The number of hydrogen-bond acceptors (Lipinski definition) is 3. The summed E-state index contributed by atoms with van der Waals surface area (Å²) < 4.78 is 6.89. The highest BCUT2D eigenvalue weighted by Crippen LogP contribution is 2.06. The predicted octanol–water partition coefficient (Wildman–Crippen LogP) is 2.35. The van der Waals surface area contributed by atoms with E-state index in [9.17, 15) is 4.79 Å². The number of unbranched alkanes of at least 4 members (excludes halogenated alkanes) is 1. The topological polar surface area (TPSA) is 44.1 Å². The number of nitrogens with zero attached hydrogens (tertiary/aromatic N) is 2. The van der Waals surface area contributed by atoms with Crippen LogP contribution < -0.4 is 0 Å². The van der Waals surface area contributed by atoms with Crippen molar-refractivity contribution in [3.05, 3.63) is 17.5 Å². The third-order valence-corrected chi connectivity index (χ3v) is 2.68. The SMILES string of the molecule is CCCCOC(=O)Cn1nc(CC)cc1CC. The zero-order chi connectivity index (χ0) is 12.7. The molecule has 0 saturated heterocycles. The summed E-state index contributed by atoms with van der Waals surface area (Å²) in [5, 5.41) is 4.38. The van der Waals surface area contributed by atoms with E-state index in [-0.39, 0.29) is 12.5 Å². The van der Waals surface area contributed by atoms with Gasteiger partial charge in [0.05, 0.1) is 12.3 Å². The van der Waals surface area contributed by atoms with Crippen LogP contribution >= 0.6 is 0 Å². The van der Waals surface area contributed by atoms with E-state index in [0.29, 0.717) is 6.61 Å². The van der Waals surface area contributed by atoms with Crippen molar-refractivity contribution in [1.82, 2.24) is 9.78 Å². The lowest BCUT2D eigenvalue weighted by Crippen LogP contribution is -2.17. The molecule has 0 aliphatic rings. The Kier molecular flexibility index (Phi) is 5.73. The van der Waals surface area contributed by atoms with Crippen LogP contribution in [0.3, 0.4) is 0 Å². The molecule has 0 radical (unpaired) electrons. The van der Waals surface area contributed by atoms with E-state index in [1.165, 1.54) is 0 Å². The van der Waals surface area contributed by atoms with Crippen molar-refractivity contribution in [2.45, 2.75) is 53.0 Å². The van der Waals surface area contributed by atoms with Gasteiger partial charge < -0.3 is 4.74 Å². The monoisotopic (exact) mass is 238 g/mol. The summed E-state index contributed by atoms with van der Waals surface area (Å²) in [6.45, 7) is 6.94. The standard InChI is InChI=1S/C13H22N2O2/c1-4-7-8-17-13(16)10-15-12(6-3)9-11(5-2)14-15/h9H,4-8,10H2,1-3H3. The lowest BCUT2D eigenvalue weighted by molar-refractivity contribution is -0.144. The highest BCUT2D eigenvalue weighted by molar-refractivity contribution is 5.69. The highest BCUT2D eigenvalue weighted by Gasteiger charge is 2.10. The molecule has 1 aromatic heterocycles. The van der Waals surface area contributed by atoms with Crippen LogP contribution in [0.15, 0.2) is 6.07 Å². The molecule has 96 valence electrons. The molecule has 0 aromatic carbocycles. The minimum atomic E-state index is -0.195. The molecule has 1 heterocycles. The van der Waals surface area contributed by atoms with Gasteiger partial charge in [-0.05, 0) is 25.3 Å². The molecule has 0 aliphatic carbocycles. The first-order valence-corrected chi connectivity index (χ1v) is 6.42. The smallest absolute Gasteiger partial charge is 0.327 e. The van der Waals surface area contributed by atoms with Gasteiger partial charge in [-0.1, -0.05) is 27.2 Å². The first-order valence-electron chi connectivity index (χ1n) is 6.42. The van der Waals surface area contributed by atoms with Gasteiger partial charge in [0.15, 0.2) is 0 Å². The average molecular weight is 238 g/mol. The van der Waals surface area contributed by atoms with Crippen LogP contribution in [0.4, 0.5) is 0 Å². The number of carbonyl (C=O) groups excluding carboxylic acids is 1. The molecule has 0 atom stereocenters. The molecule has 0 unspecified atom stereocenters. The van der Waals surface area contributed by atoms with Gasteiger partial charge in [0, 0.05) is 5.69 Å². The minimum Gasteiger partial charge on any atom is -0.464 e. The maximum absolute atomic E-state index is 11.6. The number of carbonyl (C=O) groups is 1. The second-order valence-electron chi connectivity index (χ2n) is 4.07. The molecule has 0 N–H and O–H groups in total. The molecule has 4 nitrogen and oxygen atoms in total. The molecule has 0 aliphatic heterocycles. The molecule has 1 rings (SSSR count). The van der Waals surface area contributed by atoms with Crippen LogP contribution in [0, 0.1) is 0 Å². The summed E-state index contributed by atoms with van der Waals surface area (Å²) in [4.78, 5) is 11.6. The van der Waals surface area contributed by atoms with Crippen molar-refractivity contribution in [2.24, 2.45) is 0 Å². The first-order chi connectivity index (χ1) is 8.21. The summed E-state index contributed by atoms with van der Waals surface area (Å²) in [5.41, 5.74) is 2.12. The Balaban J connectivity index is 2.54. The predicted molar refractivity (Wildman–Crippen MR) is 66.9 cm³/mol. The number of hydrogen-bond donors (Lipinski definition) is 0. The normalized spacial score (nSPS) is 10.5. The fourth-order valence-corrected chi connectivity index (χ4v) is 1.61. The largest absolute Gasteiger partial charge is 0.464 e. The molecule has 0 spiro atoms. The third-order valence-electron chi connectivity index (χ3n) is 2.68. The minimum absolute atomic E-state index is 0.195. The first kappa shape index (κ1) is 13.7. The number of aryl methyl sites for hydroxylation is 2. The Hall–Kier alpha value is -1.32. The van der Waals surface area contributed by atoms with E-state index in [0.717, 1.165) is 37.1 Å². The van der Waals surface area contributed by atoms with Gasteiger partial charge in [-0.15, -0.1) is 0 Å². The highest BCUT2D eigenvalue weighted by atomic mass is 16.5. The number of aromatic nitrogens is 2. The second kappa shape index (κ2) is 7.09. The van der Waals surface area contributed by atoms with E-state index >= 15 is 0 Å². The third kappa shape index (κ3) is 4.21. The van der Waals surface area contributed by atoms with Gasteiger partial charge in [-0.2, -0.15) is 5.10 Å². The summed E-state index contributed by atoms with van der Waals surface area (Å²) in [5.74, 6) is -0.195. The Morgan fingerprint density at radius 2 is 2.12 bits per heavy atom. The molecule has 0 bridgehead atoms. The summed E-state index contributed by atoms with van der Waals surface area (Å²) in [6.07, 6.45) is 3.74. The van der Waals surface area contributed by atoms with Gasteiger partial charge in [0.25, 0.3) is 0 Å².